The fourth-order valence-corrected chi connectivity index (χ4v) is 3.02. The lowest BCUT2D eigenvalue weighted by molar-refractivity contribution is -0.146. The molecule has 0 N–H and O–H groups in total. The van der Waals surface area contributed by atoms with Crippen LogP contribution >= 0.6 is 0 Å². The van der Waals surface area contributed by atoms with Crippen molar-refractivity contribution in [2.24, 2.45) is 0 Å². The van der Waals surface area contributed by atoms with Gasteiger partial charge in [0, 0.05) is 0 Å². The molecule has 1 atom stereocenters. The van der Waals surface area contributed by atoms with Crippen molar-refractivity contribution in [2.45, 2.75) is 32.0 Å². The summed E-state index contributed by atoms with van der Waals surface area (Å²) in [5.41, 5.74) is 0.938. The van der Waals surface area contributed by atoms with Gasteiger partial charge in [0.2, 0.25) is 0 Å². The van der Waals surface area contributed by atoms with Crippen molar-refractivity contribution < 1.29 is 18.3 Å². The molecule has 1 aliphatic rings. The zero-order valence-corrected chi connectivity index (χ0v) is 12.2. The highest BCUT2D eigenvalue weighted by molar-refractivity contribution is 5.77. The van der Waals surface area contributed by atoms with Crippen LogP contribution in [0.1, 0.15) is 25.2 Å². The number of carbonyl (C=O) groups excluding carboxylic acids is 1. The monoisotopic (exact) mass is 309 g/mol. The van der Waals surface area contributed by atoms with Crippen LogP contribution in [0.3, 0.4) is 0 Å². The van der Waals surface area contributed by atoms with Crippen molar-refractivity contribution in [2.75, 3.05) is 13.7 Å². The van der Waals surface area contributed by atoms with Gasteiger partial charge in [-0.25, -0.2) is 4.98 Å². The number of alkyl halides is 2. The molecule has 3 rings (SSSR count). The molecule has 1 unspecified atom stereocenters. The smallest absolute Gasteiger partial charge is 0.323 e. The zero-order valence-electron chi connectivity index (χ0n) is 12.2. The lowest BCUT2D eigenvalue weighted by Gasteiger charge is -2.22. The standard InChI is InChI=1S/C15H17F2N3O2/c1-22-14(21)12-7-4-8-19(12)9-13-18-10-5-2-3-6-11(10)20(13)15(16)17/h2-3,5-6,12,15H,4,7-9H2,1H3. The number of methoxy groups -OCH3 is 1. The average Bonchev–Trinajstić information content (AvgIpc) is 3.10. The molecule has 2 heterocycles. The van der Waals surface area contributed by atoms with E-state index in [0.29, 0.717) is 24.0 Å². The minimum atomic E-state index is -2.67. The van der Waals surface area contributed by atoms with E-state index >= 15 is 0 Å². The van der Waals surface area contributed by atoms with Crippen LogP contribution in [0, 0.1) is 0 Å². The Bertz CT molecular complexity index is 686. The number of aromatic nitrogens is 2. The third kappa shape index (κ3) is 2.56. The van der Waals surface area contributed by atoms with Gasteiger partial charge in [-0.2, -0.15) is 8.78 Å². The van der Waals surface area contributed by atoms with Crippen molar-refractivity contribution >= 4 is 17.0 Å². The second-order valence-electron chi connectivity index (χ2n) is 5.32. The molecule has 1 saturated heterocycles. The first-order valence-corrected chi connectivity index (χ1v) is 7.17. The summed E-state index contributed by atoms with van der Waals surface area (Å²) in [6.45, 7) is -1.79. The number of imidazole rings is 1. The van der Waals surface area contributed by atoms with E-state index in [9.17, 15) is 13.6 Å². The highest BCUT2D eigenvalue weighted by Gasteiger charge is 2.33. The number of likely N-dealkylation sites (tertiary alicyclic amines) is 1. The van der Waals surface area contributed by atoms with Gasteiger partial charge < -0.3 is 4.74 Å². The molecular formula is C15H17F2N3O2. The van der Waals surface area contributed by atoms with Crippen LogP contribution in [-0.4, -0.2) is 40.1 Å². The van der Waals surface area contributed by atoms with Crippen LogP contribution in [0.4, 0.5) is 8.78 Å². The molecule has 1 aromatic heterocycles. The molecule has 0 spiro atoms. The third-order valence-electron chi connectivity index (χ3n) is 4.05. The number of nitrogens with zero attached hydrogens (tertiary/aromatic N) is 3. The quantitative estimate of drug-likeness (QED) is 0.815. The normalized spacial score (nSPS) is 19.2. The number of halogens is 2. The summed E-state index contributed by atoms with van der Waals surface area (Å²) in [7, 11) is 1.34. The number of esters is 1. The van der Waals surface area contributed by atoms with Crippen molar-refractivity contribution in [3.63, 3.8) is 0 Å². The van der Waals surface area contributed by atoms with Crippen molar-refractivity contribution in [1.29, 1.82) is 0 Å². The number of carbonyl (C=O) groups is 1. The number of fused-ring (bicyclic) bond motifs is 1. The number of para-hydroxylation sites is 2. The van der Waals surface area contributed by atoms with Gasteiger partial charge in [0.25, 0.3) is 0 Å². The Hall–Kier alpha value is -2.02. The van der Waals surface area contributed by atoms with Crippen molar-refractivity contribution in [1.82, 2.24) is 14.5 Å². The second kappa shape index (κ2) is 6.00. The number of hydrogen-bond acceptors (Lipinski definition) is 4. The molecule has 0 saturated carbocycles. The average molecular weight is 309 g/mol. The maximum Gasteiger partial charge on any atom is 0.323 e. The summed E-state index contributed by atoms with van der Waals surface area (Å²) in [6, 6.07) is 6.43. The minimum absolute atomic E-state index is 0.207. The van der Waals surface area contributed by atoms with Crippen molar-refractivity contribution in [3.8, 4) is 0 Å². The van der Waals surface area contributed by atoms with E-state index < -0.39 is 6.55 Å². The highest BCUT2D eigenvalue weighted by Crippen LogP contribution is 2.26. The molecule has 1 aliphatic heterocycles. The first-order chi connectivity index (χ1) is 10.6. The fourth-order valence-electron chi connectivity index (χ4n) is 3.02. The predicted octanol–water partition coefficient (Wildman–Crippen LogP) is 2.57. The van der Waals surface area contributed by atoms with E-state index in [2.05, 4.69) is 4.98 Å². The largest absolute Gasteiger partial charge is 0.468 e. The van der Waals surface area contributed by atoms with E-state index in [1.54, 1.807) is 24.3 Å². The molecule has 1 aromatic carbocycles. The molecule has 0 bridgehead atoms. The Morgan fingerprint density at radius 3 is 2.95 bits per heavy atom. The highest BCUT2D eigenvalue weighted by atomic mass is 19.3. The SMILES string of the molecule is COC(=O)C1CCCN1Cc1nc2ccccc2n1C(F)F. The van der Waals surface area contributed by atoms with Gasteiger partial charge in [0.05, 0.1) is 24.7 Å². The van der Waals surface area contributed by atoms with Gasteiger partial charge in [-0.15, -0.1) is 0 Å². The van der Waals surface area contributed by atoms with E-state index in [-0.39, 0.29) is 24.4 Å². The Balaban J connectivity index is 1.93. The lowest BCUT2D eigenvalue weighted by atomic mass is 10.2. The van der Waals surface area contributed by atoms with Crippen LogP contribution in [0.15, 0.2) is 24.3 Å². The van der Waals surface area contributed by atoms with Crippen molar-refractivity contribution in [3.05, 3.63) is 30.1 Å². The summed E-state index contributed by atoms with van der Waals surface area (Å²) in [5, 5.41) is 0. The van der Waals surface area contributed by atoms with Gasteiger partial charge in [0.15, 0.2) is 0 Å². The lowest BCUT2D eigenvalue weighted by Crippen LogP contribution is -2.37. The molecule has 5 nitrogen and oxygen atoms in total. The van der Waals surface area contributed by atoms with E-state index in [4.69, 9.17) is 4.74 Å². The first-order valence-electron chi connectivity index (χ1n) is 7.17. The maximum absolute atomic E-state index is 13.4. The second-order valence-corrected chi connectivity index (χ2v) is 5.32. The maximum atomic E-state index is 13.4. The topological polar surface area (TPSA) is 47.4 Å². The molecule has 118 valence electrons. The predicted molar refractivity (Wildman–Crippen MR) is 76.4 cm³/mol. The molecule has 0 aliphatic carbocycles. The number of ether oxygens (including phenoxy) is 1. The first kappa shape index (κ1) is 14.9. The Morgan fingerprint density at radius 1 is 1.45 bits per heavy atom. The minimum Gasteiger partial charge on any atom is -0.468 e. The van der Waals surface area contributed by atoms with E-state index in [0.717, 1.165) is 11.0 Å². The van der Waals surface area contributed by atoms with Gasteiger partial charge in [0.1, 0.15) is 11.9 Å². The Morgan fingerprint density at radius 2 is 2.23 bits per heavy atom. The Labute approximate surface area is 126 Å². The van der Waals surface area contributed by atoms with Gasteiger partial charge in [-0.1, -0.05) is 12.1 Å². The van der Waals surface area contributed by atoms with E-state index in [1.807, 2.05) is 4.90 Å². The third-order valence-corrected chi connectivity index (χ3v) is 4.05. The summed E-state index contributed by atoms with van der Waals surface area (Å²) in [4.78, 5) is 17.9. The Kier molecular flexibility index (Phi) is 4.06. The summed E-state index contributed by atoms with van der Waals surface area (Å²) in [6.07, 6.45) is 1.52. The number of rotatable bonds is 4. The summed E-state index contributed by atoms with van der Waals surface area (Å²) >= 11 is 0. The zero-order chi connectivity index (χ0) is 15.7. The van der Waals surface area contributed by atoms with Gasteiger partial charge in [-0.3, -0.25) is 14.3 Å². The molecular weight excluding hydrogens is 292 g/mol. The van der Waals surface area contributed by atoms with Crippen LogP contribution in [-0.2, 0) is 16.1 Å². The molecule has 22 heavy (non-hydrogen) atoms. The van der Waals surface area contributed by atoms with E-state index in [1.165, 1.54) is 7.11 Å². The molecule has 2 aromatic rings. The van der Waals surface area contributed by atoms with Crippen LogP contribution in [0.25, 0.3) is 11.0 Å². The molecule has 7 heteroatoms. The van der Waals surface area contributed by atoms with Crippen LogP contribution in [0.2, 0.25) is 0 Å². The molecule has 0 radical (unpaired) electrons. The number of benzene rings is 1. The van der Waals surface area contributed by atoms with Gasteiger partial charge >= 0.3 is 12.5 Å². The van der Waals surface area contributed by atoms with Crippen LogP contribution in [0.5, 0.6) is 0 Å². The van der Waals surface area contributed by atoms with Gasteiger partial charge in [-0.05, 0) is 31.5 Å². The molecule has 1 fully saturated rings. The summed E-state index contributed by atoms with van der Waals surface area (Å²) in [5.74, 6) is -0.0517. The van der Waals surface area contributed by atoms with Crippen LogP contribution < -0.4 is 0 Å². The molecule has 0 amide bonds. The number of hydrogen-bond donors (Lipinski definition) is 0. The fraction of sp³-hybridized carbons (Fsp3) is 0.467. The summed E-state index contributed by atoms with van der Waals surface area (Å²) < 4.78 is 32.5.